The Morgan fingerprint density at radius 3 is 2.26 bits per heavy atom. The first-order chi connectivity index (χ1) is 12.5. The Kier molecular flexibility index (Phi) is 7.10. The number of aliphatic carboxylic acids is 1. The highest BCUT2D eigenvalue weighted by molar-refractivity contribution is 5.76. The van der Waals surface area contributed by atoms with Crippen molar-refractivity contribution in [3.8, 4) is 0 Å². The van der Waals surface area contributed by atoms with Gasteiger partial charge in [0.15, 0.2) is 6.29 Å². The summed E-state index contributed by atoms with van der Waals surface area (Å²) in [6, 6.07) is 0. The monoisotopic (exact) mass is 400 g/mol. The first-order valence-electron chi connectivity index (χ1n) is 8.12. The van der Waals surface area contributed by atoms with Crippen LogP contribution in [0.4, 0.5) is 0 Å². The number of carbonyl (C=O) groups is 1. The predicted octanol–water partition coefficient (Wildman–Crippen LogP) is -5.55. The number of aliphatic hydroxyl groups is 8. The Balaban J connectivity index is 2.16. The predicted molar refractivity (Wildman–Crippen MR) is 79.8 cm³/mol. The lowest BCUT2D eigenvalue weighted by atomic mass is 9.92. The highest BCUT2D eigenvalue weighted by atomic mass is 16.7. The Morgan fingerprint density at radius 1 is 1.07 bits per heavy atom. The molecule has 2 aliphatic rings. The molecule has 0 aromatic heterocycles. The van der Waals surface area contributed by atoms with Crippen LogP contribution in [-0.2, 0) is 19.0 Å². The summed E-state index contributed by atoms with van der Waals surface area (Å²) < 4.78 is 15.1. The molecule has 2 heterocycles. The fourth-order valence-corrected chi connectivity index (χ4v) is 2.94. The fraction of sp³-hybridized carbons (Fsp3) is 0.929. The molecular weight excluding hydrogens is 376 g/mol. The van der Waals surface area contributed by atoms with Crippen molar-refractivity contribution in [3.05, 3.63) is 0 Å². The molecule has 13 heteroatoms. The van der Waals surface area contributed by atoms with Crippen LogP contribution in [0.2, 0.25) is 0 Å². The number of carboxylic acid groups (broad SMARTS) is 1. The molecule has 0 aromatic carbocycles. The Bertz CT molecular complexity index is 517. The van der Waals surface area contributed by atoms with Crippen LogP contribution in [0.5, 0.6) is 0 Å². The van der Waals surface area contributed by atoms with Crippen LogP contribution in [0.25, 0.3) is 0 Å². The maximum atomic E-state index is 11.7. The summed E-state index contributed by atoms with van der Waals surface area (Å²) in [7, 11) is 0. The zero-order valence-electron chi connectivity index (χ0n) is 14.0. The van der Waals surface area contributed by atoms with Gasteiger partial charge in [-0.05, 0) is 0 Å². The van der Waals surface area contributed by atoms with Gasteiger partial charge in [0, 0.05) is 6.42 Å². The van der Waals surface area contributed by atoms with Crippen molar-refractivity contribution in [1.29, 1.82) is 0 Å². The molecule has 158 valence electrons. The van der Waals surface area contributed by atoms with E-state index >= 15 is 0 Å². The van der Waals surface area contributed by atoms with Crippen LogP contribution in [0.3, 0.4) is 0 Å². The Morgan fingerprint density at radius 2 is 1.70 bits per heavy atom. The molecule has 13 nitrogen and oxygen atoms in total. The molecule has 0 spiro atoms. The van der Waals surface area contributed by atoms with Crippen molar-refractivity contribution in [3.63, 3.8) is 0 Å². The molecule has 2 aliphatic heterocycles. The molecule has 0 unspecified atom stereocenters. The summed E-state index contributed by atoms with van der Waals surface area (Å²) in [5.41, 5.74) is 0. The molecule has 2 fully saturated rings. The fourth-order valence-electron chi connectivity index (χ4n) is 2.94. The molecule has 0 aromatic rings. The molecule has 0 aliphatic carbocycles. The van der Waals surface area contributed by atoms with E-state index < -0.39 is 86.5 Å². The van der Waals surface area contributed by atoms with Crippen LogP contribution in [0.1, 0.15) is 6.42 Å². The van der Waals surface area contributed by atoms with Gasteiger partial charge in [-0.1, -0.05) is 0 Å². The Labute approximate surface area is 152 Å². The topological polar surface area (TPSA) is 227 Å². The summed E-state index contributed by atoms with van der Waals surface area (Å²) in [6.45, 7) is -1.66. The van der Waals surface area contributed by atoms with Crippen LogP contribution in [0.15, 0.2) is 0 Å². The van der Waals surface area contributed by atoms with E-state index in [1.807, 2.05) is 0 Å². The van der Waals surface area contributed by atoms with Gasteiger partial charge < -0.3 is 60.2 Å². The van der Waals surface area contributed by atoms with Gasteiger partial charge in [-0.15, -0.1) is 0 Å². The molecular formula is C14H24O13. The minimum absolute atomic E-state index is 0.765. The lowest BCUT2D eigenvalue weighted by molar-refractivity contribution is -0.342. The second-order valence-electron chi connectivity index (χ2n) is 6.50. The Hall–Kier alpha value is -0.970. The summed E-state index contributed by atoms with van der Waals surface area (Å²) in [6.07, 6.45) is -16.3. The molecule has 0 radical (unpaired) electrons. The standard InChI is InChI=1S/C14H24O13/c15-2-5(17)11-7(18)4(16)1-14(27-11,13(23)24)25-3-6-8(19)9(20)10(21)12(22)26-6/h4-12,15-22H,1-3H2,(H,23,24)/t4-,5-,6-,7-,8-,9+,10-,11-,12+,14+/m1/s1. The maximum Gasteiger partial charge on any atom is 0.364 e. The second-order valence-corrected chi connectivity index (χ2v) is 6.50. The molecule has 0 saturated carbocycles. The normalized spacial score (nSPS) is 46.8. The van der Waals surface area contributed by atoms with Crippen LogP contribution in [-0.4, -0.2) is 126 Å². The van der Waals surface area contributed by atoms with Gasteiger partial charge in [-0.25, -0.2) is 4.79 Å². The van der Waals surface area contributed by atoms with E-state index in [1.165, 1.54) is 0 Å². The highest BCUT2D eigenvalue weighted by Crippen LogP contribution is 2.33. The molecule has 9 N–H and O–H groups in total. The van der Waals surface area contributed by atoms with E-state index in [2.05, 4.69) is 0 Å². The first kappa shape index (κ1) is 22.3. The summed E-state index contributed by atoms with van der Waals surface area (Å²) in [4.78, 5) is 11.7. The maximum absolute atomic E-state index is 11.7. The van der Waals surface area contributed by atoms with Crippen molar-refractivity contribution < 1.29 is 65.0 Å². The molecule has 2 rings (SSSR count). The van der Waals surface area contributed by atoms with E-state index in [0.717, 1.165) is 0 Å². The van der Waals surface area contributed by atoms with Gasteiger partial charge in [0.25, 0.3) is 5.79 Å². The number of rotatable bonds is 6. The minimum Gasteiger partial charge on any atom is -0.477 e. The van der Waals surface area contributed by atoms with E-state index in [-0.39, 0.29) is 0 Å². The largest absolute Gasteiger partial charge is 0.477 e. The number of ether oxygens (including phenoxy) is 3. The smallest absolute Gasteiger partial charge is 0.364 e. The third-order valence-electron chi connectivity index (χ3n) is 4.60. The van der Waals surface area contributed by atoms with Gasteiger partial charge in [0.05, 0.1) is 19.3 Å². The number of carboxylic acids is 1. The van der Waals surface area contributed by atoms with Crippen molar-refractivity contribution >= 4 is 5.97 Å². The summed E-state index contributed by atoms with van der Waals surface area (Å²) >= 11 is 0. The third-order valence-corrected chi connectivity index (χ3v) is 4.60. The number of hydrogen-bond donors (Lipinski definition) is 9. The average Bonchev–Trinajstić information content (AvgIpc) is 2.63. The zero-order chi connectivity index (χ0) is 20.5. The van der Waals surface area contributed by atoms with E-state index in [1.54, 1.807) is 0 Å². The van der Waals surface area contributed by atoms with Gasteiger partial charge >= 0.3 is 5.97 Å². The van der Waals surface area contributed by atoms with E-state index in [4.69, 9.17) is 19.3 Å². The van der Waals surface area contributed by atoms with Gasteiger partial charge in [0.2, 0.25) is 0 Å². The van der Waals surface area contributed by atoms with Gasteiger partial charge in [0.1, 0.15) is 42.7 Å². The minimum atomic E-state index is -2.59. The quantitative estimate of drug-likeness (QED) is 0.203. The molecule has 27 heavy (non-hydrogen) atoms. The van der Waals surface area contributed by atoms with Crippen molar-refractivity contribution in [2.24, 2.45) is 0 Å². The van der Waals surface area contributed by atoms with Crippen molar-refractivity contribution in [2.75, 3.05) is 13.2 Å². The summed E-state index contributed by atoms with van der Waals surface area (Å²) in [5.74, 6) is -4.33. The molecule has 10 atom stereocenters. The lowest BCUT2D eigenvalue weighted by Gasteiger charge is -2.45. The van der Waals surface area contributed by atoms with Crippen LogP contribution in [0, 0.1) is 0 Å². The van der Waals surface area contributed by atoms with Crippen LogP contribution < -0.4 is 0 Å². The number of hydrogen-bond acceptors (Lipinski definition) is 12. The van der Waals surface area contributed by atoms with E-state index in [0.29, 0.717) is 0 Å². The summed E-state index contributed by atoms with van der Waals surface area (Å²) in [5, 5.41) is 86.4. The van der Waals surface area contributed by atoms with Crippen molar-refractivity contribution in [1.82, 2.24) is 0 Å². The van der Waals surface area contributed by atoms with E-state index in [9.17, 15) is 45.6 Å². The lowest BCUT2D eigenvalue weighted by Crippen LogP contribution is -2.64. The van der Waals surface area contributed by atoms with Crippen molar-refractivity contribution in [2.45, 2.75) is 67.3 Å². The van der Waals surface area contributed by atoms with Gasteiger partial charge in [-0.3, -0.25) is 0 Å². The average molecular weight is 400 g/mol. The second kappa shape index (κ2) is 8.59. The molecule has 2 saturated heterocycles. The van der Waals surface area contributed by atoms with Crippen LogP contribution >= 0.6 is 0 Å². The highest BCUT2D eigenvalue weighted by Gasteiger charge is 2.55. The third kappa shape index (κ3) is 4.38. The van der Waals surface area contributed by atoms with Gasteiger partial charge in [-0.2, -0.15) is 0 Å². The number of aliphatic hydroxyl groups excluding tert-OH is 8. The SMILES string of the molecule is O=C(O)[C@]1(OC[C@H]2O[C@H](O)[C@H](O)[C@@H](O)[C@@H]2O)C[C@@H](O)[C@@H](O)[C@@H]([C@H](O)CO)O1. The molecule has 0 amide bonds. The molecule has 0 bridgehead atoms. The zero-order valence-corrected chi connectivity index (χ0v) is 14.0. The first-order valence-corrected chi connectivity index (χ1v) is 8.12.